The van der Waals surface area contributed by atoms with Crippen LogP contribution in [-0.4, -0.2) is 24.0 Å². The SMILES string of the molecule is COC(=O)Cc1ccccc1NC(=O)c1cscn1. The number of anilines is 1. The summed E-state index contributed by atoms with van der Waals surface area (Å²) in [6.07, 6.45) is 0.115. The molecule has 0 unspecified atom stereocenters. The Balaban J connectivity index is 2.16. The zero-order chi connectivity index (χ0) is 13.7. The number of thiazole rings is 1. The van der Waals surface area contributed by atoms with E-state index in [2.05, 4.69) is 15.0 Å². The highest BCUT2D eigenvalue weighted by Gasteiger charge is 2.12. The lowest BCUT2D eigenvalue weighted by atomic mass is 10.1. The fourth-order valence-electron chi connectivity index (χ4n) is 1.54. The third-order valence-electron chi connectivity index (χ3n) is 2.49. The summed E-state index contributed by atoms with van der Waals surface area (Å²) in [4.78, 5) is 27.1. The summed E-state index contributed by atoms with van der Waals surface area (Å²) in [5, 5.41) is 4.40. The first-order valence-electron chi connectivity index (χ1n) is 5.55. The molecule has 5 nitrogen and oxygen atoms in total. The van der Waals surface area contributed by atoms with Gasteiger partial charge in [0.1, 0.15) is 5.69 Å². The number of nitrogens with zero attached hydrogens (tertiary/aromatic N) is 1. The van der Waals surface area contributed by atoms with Gasteiger partial charge in [-0.3, -0.25) is 9.59 Å². The van der Waals surface area contributed by atoms with E-state index in [4.69, 9.17) is 0 Å². The molecule has 0 bridgehead atoms. The molecular weight excluding hydrogens is 264 g/mol. The number of ether oxygens (including phenoxy) is 1. The van der Waals surface area contributed by atoms with E-state index in [1.165, 1.54) is 18.4 Å². The first kappa shape index (κ1) is 13.2. The lowest BCUT2D eigenvalue weighted by Gasteiger charge is -2.09. The third kappa shape index (κ3) is 3.38. The first-order valence-corrected chi connectivity index (χ1v) is 6.49. The van der Waals surface area contributed by atoms with Crippen molar-refractivity contribution in [3.8, 4) is 0 Å². The zero-order valence-electron chi connectivity index (χ0n) is 10.3. The second-order valence-electron chi connectivity index (χ2n) is 3.74. The van der Waals surface area contributed by atoms with Gasteiger partial charge in [0.25, 0.3) is 5.91 Å². The van der Waals surface area contributed by atoms with Gasteiger partial charge < -0.3 is 10.1 Å². The number of para-hydroxylation sites is 1. The summed E-state index contributed by atoms with van der Waals surface area (Å²) in [6.45, 7) is 0. The number of nitrogens with one attached hydrogen (secondary N) is 1. The molecule has 0 radical (unpaired) electrons. The summed E-state index contributed by atoms with van der Waals surface area (Å²) in [5.74, 6) is -0.645. The average molecular weight is 276 g/mol. The molecular formula is C13H12N2O3S. The van der Waals surface area contributed by atoms with Crippen LogP contribution in [0.1, 0.15) is 16.1 Å². The van der Waals surface area contributed by atoms with Gasteiger partial charge in [0.2, 0.25) is 0 Å². The summed E-state index contributed by atoms with van der Waals surface area (Å²) in [5.41, 5.74) is 3.25. The van der Waals surface area contributed by atoms with Gasteiger partial charge in [-0.25, -0.2) is 4.98 Å². The molecule has 19 heavy (non-hydrogen) atoms. The molecule has 0 spiro atoms. The van der Waals surface area contributed by atoms with Crippen molar-refractivity contribution < 1.29 is 14.3 Å². The van der Waals surface area contributed by atoms with Gasteiger partial charge in [-0.15, -0.1) is 11.3 Å². The number of esters is 1. The maximum absolute atomic E-state index is 11.9. The molecule has 1 aromatic heterocycles. The standard InChI is InChI=1S/C13H12N2O3S/c1-18-12(16)6-9-4-2-3-5-10(9)15-13(17)11-7-19-8-14-11/h2-5,7-8H,6H2,1H3,(H,15,17). The Bertz CT molecular complexity index is 581. The predicted molar refractivity (Wildman–Crippen MR) is 72.2 cm³/mol. The lowest BCUT2D eigenvalue weighted by Crippen LogP contribution is -2.15. The van der Waals surface area contributed by atoms with Crippen LogP contribution in [0.4, 0.5) is 5.69 Å². The van der Waals surface area contributed by atoms with Gasteiger partial charge in [0, 0.05) is 11.1 Å². The molecule has 1 aromatic carbocycles. The molecule has 1 amide bonds. The monoisotopic (exact) mass is 276 g/mol. The predicted octanol–water partition coefficient (Wildman–Crippen LogP) is 2.11. The molecule has 2 rings (SSSR count). The quantitative estimate of drug-likeness (QED) is 0.868. The van der Waals surface area contributed by atoms with Crippen LogP contribution in [0.25, 0.3) is 0 Å². The van der Waals surface area contributed by atoms with Gasteiger partial charge in [-0.2, -0.15) is 0 Å². The van der Waals surface area contributed by atoms with Crippen LogP contribution in [-0.2, 0) is 16.0 Å². The number of amides is 1. The van der Waals surface area contributed by atoms with E-state index in [0.717, 1.165) is 0 Å². The number of benzene rings is 1. The molecule has 1 heterocycles. The van der Waals surface area contributed by atoms with E-state index < -0.39 is 0 Å². The Labute approximate surface area is 114 Å². The number of carbonyl (C=O) groups excluding carboxylic acids is 2. The minimum Gasteiger partial charge on any atom is -0.469 e. The highest BCUT2D eigenvalue weighted by Crippen LogP contribution is 2.17. The molecule has 0 aliphatic carbocycles. The van der Waals surface area contributed by atoms with Crippen LogP contribution < -0.4 is 5.32 Å². The van der Waals surface area contributed by atoms with E-state index in [0.29, 0.717) is 16.9 Å². The lowest BCUT2D eigenvalue weighted by molar-refractivity contribution is -0.139. The largest absolute Gasteiger partial charge is 0.469 e. The van der Waals surface area contributed by atoms with Gasteiger partial charge >= 0.3 is 5.97 Å². The summed E-state index contributed by atoms with van der Waals surface area (Å²) in [6, 6.07) is 7.10. The van der Waals surface area contributed by atoms with E-state index in [9.17, 15) is 9.59 Å². The van der Waals surface area contributed by atoms with Gasteiger partial charge in [0.05, 0.1) is 19.0 Å². The maximum Gasteiger partial charge on any atom is 0.310 e. The fraction of sp³-hybridized carbons (Fsp3) is 0.154. The molecule has 0 aliphatic heterocycles. The Hall–Kier alpha value is -2.21. The van der Waals surface area contributed by atoms with E-state index in [-0.39, 0.29) is 18.3 Å². The van der Waals surface area contributed by atoms with Gasteiger partial charge in [-0.1, -0.05) is 18.2 Å². The van der Waals surface area contributed by atoms with Gasteiger partial charge in [-0.05, 0) is 11.6 Å². The summed E-state index contributed by atoms with van der Waals surface area (Å²) < 4.78 is 4.62. The average Bonchev–Trinajstić information content (AvgIpc) is 2.95. The highest BCUT2D eigenvalue weighted by atomic mass is 32.1. The van der Waals surface area contributed by atoms with Crippen LogP contribution in [0, 0.1) is 0 Å². The van der Waals surface area contributed by atoms with Crippen molar-refractivity contribution in [3.63, 3.8) is 0 Å². The Kier molecular flexibility index (Phi) is 4.25. The van der Waals surface area contributed by atoms with Crippen LogP contribution in [0.5, 0.6) is 0 Å². The second kappa shape index (κ2) is 6.10. The van der Waals surface area contributed by atoms with Crippen molar-refractivity contribution in [1.29, 1.82) is 0 Å². The fourth-order valence-corrected chi connectivity index (χ4v) is 2.07. The molecule has 98 valence electrons. The van der Waals surface area contributed by atoms with Crippen molar-refractivity contribution in [2.45, 2.75) is 6.42 Å². The minimum absolute atomic E-state index is 0.115. The van der Waals surface area contributed by atoms with Crippen LogP contribution >= 0.6 is 11.3 Å². The Morgan fingerprint density at radius 1 is 1.37 bits per heavy atom. The van der Waals surface area contributed by atoms with Crippen molar-refractivity contribution in [2.75, 3.05) is 12.4 Å². The van der Waals surface area contributed by atoms with Crippen LogP contribution in [0.15, 0.2) is 35.2 Å². The van der Waals surface area contributed by atoms with Crippen molar-refractivity contribution in [1.82, 2.24) is 4.98 Å². The van der Waals surface area contributed by atoms with Crippen molar-refractivity contribution >= 4 is 28.9 Å². The minimum atomic E-state index is -0.352. The topological polar surface area (TPSA) is 68.3 Å². The molecule has 1 N–H and O–H groups in total. The normalized spacial score (nSPS) is 9.95. The van der Waals surface area contributed by atoms with Crippen molar-refractivity contribution in [2.24, 2.45) is 0 Å². The Morgan fingerprint density at radius 2 is 2.16 bits per heavy atom. The number of methoxy groups -OCH3 is 1. The van der Waals surface area contributed by atoms with Gasteiger partial charge in [0.15, 0.2) is 0 Å². The molecule has 6 heteroatoms. The number of hydrogen-bond donors (Lipinski definition) is 1. The van der Waals surface area contributed by atoms with E-state index in [1.54, 1.807) is 35.2 Å². The molecule has 0 atom stereocenters. The van der Waals surface area contributed by atoms with Crippen molar-refractivity contribution in [3.05, 3.63) is 46.4 Å². The summed E-state index contributed by atoms with van der Waals surface area (Å²) >= 11 is 1.35. The van der Waals surface area contributed by atoms with Crippen LogP contribution in [0.3, 0.4) is 0 Å². The molecule has 0 aliphatic rings. The number of hydrogen-bond acceptors (Lipinski definition) is 5. The number of aromatic nitrogens is 1. The number of carbonyl (C=O) groups is 2. The highest BCUT2D eigenvalue weighted by molar-refractivity contribution is 7.07. The Morgan fingerprint density at radius 3 is 2.84 bits per heavy atom. The van der Waals surface area contributed by atoms with E-state index in [1.807, 2.05) is 0 Å². The molecule has 0 saturated carbocycles. The molecule has 0 fully saturated rings. The zero-order valence-corrected chi connectivity index (χ0v) is 11.1. The third-order valence-corrected chi connectivity index (χ3v) is 3.08. The molecule has 0 saturated heterocycles. The number of rotatable bonds is 4. The smallest absolute Gasteiger partial charge is 0.310 e. The van der Waals surface area contributed by atoms with Crippen LogP contribution in [0.2, 0.25) is 0 Å². The molecule has 2 aromatic rings. The second-order valence-corrected chi connectivity index (χ2v) is 4.46. The maximum atomic E-state index is 11.9. The first-order chi connectivity index (χ1) is 9.20. The summed E-state index contributed by atoms with van der Waals surface area (Å²) in [7, 11) is 1.33. The van der Waals surface area contributed by atoms with E-state index >= 15 is 0 Å².